The lowest BCUT2D eigenvalue weighted by molar-refractivity contribution is 0.0696. The van der Waals surface area contributed by atoms with Crippen LogP contribution in [0.4, 0.5) is 4.39 Å². The van der Waals surface area contributed by atoms with E-state index in [2.05, 4.69) is 4.74 Å². The average molecular weight is 195 g/mol. The van der Waals surface area contributed by atoms with Gasteiger partial charge in [-0.1, -0.05) is 0 Å². The Labute approximate surface area is 79.2 Å². The van der Waals surface area contributed by atoms with Crippen molar-refractivity contribution in [2.75, 3.05) is 7.11 Å². The van der Waals surface area contributed by atoms with Crippen molar-refractivity contribution < 1.29 is 19.0 Å². The number of nitrogens with zero attached hydrogens (tertiary/aromatic N) is 1. The summed E-state index contributed by atoms with van der Waals surface area (Å²) in [5, 5.41) is 17.2. The first kappa shape index (κ1) is 9.99. The van der Waals surface area contributed by atoms with Crippen molar-refractivity contribution in [3.05, 3.63) is 29.1 Å². The van der Waals surface area contributed by atoms with E-state index >= 15 is 0 Å². The molecule has 0 aliphatic carbocycles. The van der Waals surface area contributed by atoms with Gasteiger partial charge in [-0.05, 0) is 12.1 Å². The van der Waals surface area contributed by atoms with Crippen molar-refractivity contribution in [1.82, 2.24) is 0 Å². The standard InChI is InChI=1S/C9H6FNO3/c1-14-8-3-6(9(12)13)5(4-11)2-7(8)10/h2-3H,1H3,(H,12,13). The van der Waals surface area contributed by atoms with E-state index in [0.29, 0.717) is 0 Å². The Hall–Kier alpha value is -2.09. The number of hydrogen-bond acceptors (Lipinski definition) is 3. The summed E-state index contributed by atoms with van der Waals surface area (Å²) >= 11 is 0. The number of methoxy groups -OCH3 is 1. The van der Waals surface area contributed by atoms with Crippen molar-refractivity contribution in [2.45, 2.75) is 0 Å². The fourth-order valence-electron chi connectivity index (χ4n) is 0.979. The Balaban J connectivity index is 3.42. The summed E-state index contributed by atoms with van der Waals surface area (Å²) in [5.41, 5.74) is -0.499. The lowest BCUT2D eigenvalue weighted by Crippen LogP contribution is -2.02. The Bertz CT molecular complexity index is 423. The molecule has 0 heterocycles. The van der Waals surface area contributed by atoms with Crippen molar-refractivity contribution in [3.8, 4) is 11.8 Å². The molecule has 1 rings (SSSR count). The minimum absolute atomic E-state index is 0.193. The molecule has 0 saturated carbocycles. The van der Waals surface area contributed by atoms with Gasteiger partial charge in [-0.2, -0.15) is 5.26 Å². The second-order valence-electron chi connectivity index (χ2n) is 2.45. The van der Waals surface area contributed by atoms with E-state index in [1.807, 2.05) is 0 Å². The van der Waals surface area contributed by atoms with E-state index in [-0.39, 0.29) is 16.9 Å². The number of aromatic carboxylic acids is 1. The minimum atomic E-state index is -1.29. The quantitative estimate of drug-likeness (QED) is 0.774. The number of carboxylic acids is 1. The third-order valence-corrected chi connectivity index (χ3v) is 1.64. The van der Waals surface area contributed by atoms with Crippen LogP contribution in [0.25, 0.3) is 0 Å². The summed E-state index contributed by atoms with van der Waals surface area (Å²) in [7, 11) is 1.22. The summed E-state index contributed by atoms with van der Waals surface area (Å²) in [6.07, 6.45) is 0. The lowest BCUT2D eigenvalue weighted by Gasteiger charge is -2.04. The Morgan fingerprint density at radius 2 is 2.29 bits per heavy atom. The van der Waals surface area contributed by atoms with Gasteiger partial charge in [0.05, 0.1) is 18.2 Å². The van der Waals surface area contributed by atoms with Gasteiger partial charge in [0.15, 0.2) is 11.6 Å². The summed E-state index contributed by atoms with van der Waals surface area (Å²) in [6, 6.07) is 3.41. The minimum Gasteiger partial charge on any atom is -0.494 e. The number of nitriles is 1. The van der Waals surface area contributed by atoms with Crippen LogP contribution in [0.2, 0.25) is 0 Å². The molecule has 1 aromatic carbocycles. The SMILES string of the molecule is COc1cc(C(=O)O)c(C#N)cc1F. The predicted octanol–water partition coefficient (Wildman–Crippen LogP) is 1.40. The molecule has 1 N–H and O–H groups in total. The fraction of sp³-hybridized carbons (Fsp3) is 0.111. The highest BCUT2D eigenvalue weighted by atomic mass is 19.1. The van der Waals surface area contributed by atoms with E-state index in [0.717, 1.165) is 12.1 Å². The molecular weight excluding hydrogens is 189 g/mol. The largest absolute Gasteiger partial charge is 0.494 e. The van der Waals surface area contributed by atoms with Crippen LogP contribution in [0.15, 0.2) is 12.1 Å². The molecule has 0 aromatic heterocycles. The van der Waals surface area contributed by atoms with E-state index in [4.69, 9.17) is 10.4 Å². The van der Waals surface area contributed by atoms with Crippen LogP contribution in [0.5, 0.6) is 5.75 Å². The van der Waals surface area contributed by atoms with Crippen LogP contribution in [-0.4, -0.2) is 18.2 Å². The summed E-state index contributed by atoms with van der Waals surface area (Å²) in [5.74, 6) is -2.24. The average Bonchev–Trinajstić information content (AvgIpc) is 2.16. The highest BCUT2D eigenvalue weighted by Gasteiger charge is 2.14. The van der Waals surface area contributed by atoms with Crippen LogP contribution in [0.1, 0.15) is 15.9 Å². The molecule has 0 aliphatic rings. The van der Waals surface area contributed by atoms with Gasteiger partial charge in [0.2, 0.25) is 0 Å². The first-order valence-corrected chi connectivity index (χ1v) is 3.61. The molecule has 0 radical (unpaired) electrons. The van der Waals surface area contributed by atoms with Crippen LogP contribution >= 0.6 is 0 Å². The zero-order chi connectivity index (χ0) is 10.7. The number of hydrogen-bond donors (Lipinski definition) is 1. The lowest BCUT2D eigenvalue weighted by atomic mass is 10.1. The molecule has 0 unspecified atom stereocenters. The van der Waals surface area contributed by atoms with Gasteiger partial charge < -0.3 is 9.84 Å². The number of carboxylic acid groups (broad SMARTS) is 1. The van der Waals surface area contributed by atoms with Crippen LogP contribution < -0.4 is 4.74 Å². The maximum Gasteiger partial charge on any atom is 0.337 e. The van der Waals surface area contributed by atoms with Gasteiger partial charge in [0.25, 0.3) is 0 Å². The van der Waals surface area contributed by atoms with E-state index in [1.165, 1.54) is 7.11 Å². The molecule has 5 heteroatoms. The van der Waals surface area contributed by atoms with Crippen LogP contribution in [-0.2, 0) is 0 Å². The van der Waals surface area contributed by atoms with Crippen LogP contribution in [0.3, 0.4) is 0 Å². The highest BCUT2D eigenvalue weighted by Crippen LogP contribution is 2.21. The zero-order valence-corrected chi connectivity index (χ0v) is 7.24. The van der Waals surface area contributed by atoms with Crippen molar-refractivity contribution in [1.29, 1.82) is 5.26 Å². The molecule has 4 nitrogen and oxygen atoms in total. The van der Waals surface area contributed by atoms with E-state index in [9.17, 15) is 9.18 Å². The van der Waals surface area contributed by atoms with Gasteiger partial charge in [0.1, 0.15) is 6.07 Å². The van der Waals surface area contributed by atoms with E-state index < -0.39 is 11.8 Å². The second-order valence-corrected chi connectivity index (χ2v) is 2.45. The number of rotatable bonds is 2. The Morgan fingerprint density at radius 3 is 2.71 bits per heavy atom. The molecular formula is C9H6FNO3. The third-order valence-electron chi connectivity index (χ3n) is 1.64. The summed E-state index contributed by atoms with van der Waals surface area (Å²) < 4.78 is 17.6. The van der Waals surface area contributed by atoms with Gasteiger partial charge in [-0.3, -0.25) is 0 Å². The van der Waals surface area contributed by atoms with Crippen LogP contribution in [0, 0.1) is 17.1 Å². The number of benzene rings is 1. The fourth-order valence-corrected chi connectivity index (χ4v) is 0.979. The second kappa shape index (κ2) is 3.75. The molecule has 0 saturated heterocycles. The Morgan fingerprint density at radius 1 is 1.64 bits per heavy atom. The summed E-state index contributed by atoms with van der Waals surface area (Å²) in [6.45, 7) is 0. The Kier molecular flexibility index (Phi) is 2.67. The van der Waals surface area contributed by atoms with Crippen molar-refractivity contribution >= 4 is 5.97 Å². The predicted molar refractivity (Wildman–Crippen MR) is 44.6 cm³/mol. The molecule has 0 fully saturated rings. The topological polar surface area (TPSA) is 70.3 Å². The number of carbonyl (C=O) groups is 1. The zero-order valence-electron chi connectivity index (χ0n) is 7.24. The van der Waals surface area contributed by atoms with Gasteiger partial charge >= 0.3 is 5.97 Å². The van der Waals surface area contributed by atoms with E-state index in [1.54, 1.807) is 6.07 Å². The molecule has 0 bridgehead atoms. The smallest absolute Gasteiger partial charge is 0.337 e. The molecule has 0 aliphatic heterocycles. The molecule has 0 spiro atoms. The molecule has 14 heavy (non-hydrogen) atoms. The van der Waals surface area contributed by atoms with Gasteiger partial charge in [-0.15, -0.1) is 0 Å². The first-order chi connectivity index (χ1) is 6.60. The number of ether oxygens (including phenoxy) is 1. The molecule has 0 atom stereocenters. The maximum absolute atomic E-state index is 13.0. The van der Waals surface area contributed by atoms with Crippen molar-refractivity contribution in [2.24, 2.45) is 0 Å². The monoisotopic (exact) mass is 195 g/mol. The first-order valence-electron chi connectivity index (χ1n) is 3.61. The maximum atomic E-state index is 13.0. The van der Waals surface area contributed by atoms with Gasteiger partial charge in [-0.25, -0.2) is 9.18 Å². The van der Waals surface area contributed by atoms with Crippen molar-refractivity contribution in [3.63, 3.8) is 0 Å². The molecule has 72 valence electrons. The van der Waals surface area contributed by atoms with Gasteiger partial charge in [0, 0.05) is 0 Å². The normalized spacial score (nSPS) is 9.21. The number of halogens is 1. The molecule has 1 aromatic rings. The summed E-state index contributed by atoms with van der Waals surface area (Å²) in [4.78, 5) is 10.6. The highest BCUT2D eigenvalue weighted by molar-refractivity contribution is 5.91. The molecule has 0 amide bonds. The third kappa shape index (κ3) is 1.64.